The molecule has 0 radical (unpaired) electrons. The van der Waals surface area contributed by atoms with E-state index in [1.165, 1.54) is 0 Å². The highest BCUT2D eigenvalue weighted by Crippen LogP contribution is 2.51. The Labute approximate surface area is 346 Å². The Morgan fingerprint density at radius 1 is 0.333 bits per heavy atom. The van der Waals surface area contributed by atoms with Crippen LogP contribution in [-0.4, -0.2) is 0 Å². The van der Waals surface area contributed by atoms with Gasteiger partial charge in [-0.3, -0.25) is 0 Å². The topological polar surface area (TPSA) is 41.6 Å². The van der Waals surface area contributed by atoms with E-state index in [9.17, 15) is 0 Å². The molecule has 0 atom stereocenters. The van der Waals surface area contributed by atoms with Gasteiger partial charge in [-0.25, -0.2) is 0 Å². The second-order valence-corrected chi connectivity index (χ2v) is 15.4. The largest absolute Gasteiger partial charge is 0.455 e. The van der Waals surface area contributed by atoms with Crippen LogP contribution in [0.3, 0.4) is 0 Å². The van der Waals surface area contributed by atoms with Crippen LogP contribution in [0.15, 0.2) is 221 Å². The van der Waals surface area contributed by atoms with E-state index in [-0.39, 0.29) is 0 Å². The zero-order valence-electron chi connectivity index (χ0n) is 32.5. The van der Waals surface area contributed by atoms with Crippen molar-refractivity contribution in [3.8, 4) is 22.3 Å². The lowest BCUT2D eigenvalue weighted by molar-refractivity contribution is 0.664. The summed E-state index contributed by atoms with van der Waals surface area (Å²) in [7, 11) is 0. The van der Waals surface area contributed by atoms with Gasteiger partial charge in [-0.15, -0.1) is 0 Å². The lowest BCUT2D eigenvalue weighted by atomic mass is 9.88. The van der Waals surface area contributed by atoms with Crippen LogP contribution in [0, 0.1) is 0 Å². The third-order valence-electron chi connectivity index (χ3n) is 11.7. The van der Waals surface area contributed by atoms with Gasteiger partial charge in [-0.1, -0.05) is 127 Å². The Balaban J connectivity index is 1.14. The highest BCUT2D eigenvalue weighted by molar-refractivity contribution is 6.32. The number of hydrogen-bond donors (Lipinski definition) is 1. The van der Waals surface area contributed by atoms with Gasteiger partial charge in [0.25, 0.3) is 0 Å². The van der Waals surface area contributed by atoms with Crippen LogP contribution >= 0.6 is 0 Å². The molecule has 0 fully saturated rings. The van der Waals surface area contributed by atoms with E-state index < -0.39 is 0 Å². The van der Waals surface area contributed by atoms with Crippen LogP contribution in [0.2, 0.25) is 0 Å². The number of furan rings is 2. The minimum absolute atomic E-state index is 0.813. The molecule has 0 aliphatic rings. The molecule has 4 heteroatoms. The molecule has 0 saturated carbocycles. The quantitative estimate of drug-likeness (QED) is 0.175. The minimum Gasteiger partial charge on any atom is -0.455 e. The number of fused-ring (bicyclic) bond motifs is 9. The second-order valence-electron chi connectivity index (χ2n) is 15.4. The molecule has 2 heterocycles. The number of rotatable bonds is 7. The average molecular weight is 769 g/mol. The maximum Gasteiger partial charge on any atom is 0.147 e. The molecule has 12 aromatic rings. The first kappa shape index (κ1) is 34.0. The van der Waals surface area contributed by atoms with Gasteiger partial charge in [0.05, 0.1) is 5.39 Å². The lowest BCUT2D eigenvalue weighted by Gasteiger charge is -2.25. The fourth-order valence-electron chi connectivity index (χ4n) is 9.01. The van der Waals surface area contributed by atoms with Crippen LogP contribution in [0.5, 0.6) is 0 Å². The summed E-state index contributed by atoms with van der Waals surface area (Å²) in [5.74, 6) is 0. The monoisotopic (exact) mass is 768 g/mol. The van der Waals surface area contributed by atoms with Crippen molar-refractivity contribution < 1.29 is 8.83 Å². The zero-order chi connectivity index (χ0) is 39.6. The Kier molecular flexibility index (Phi) is 7.82. The lowest BCUT2D eigenvalue weighted by Crippen LogP contribution is -2.09. The highest BCUT2D eigenvalue weighted by atomic mass is 16.3. The maximum atomic E-state index is 7.18. The van der Waals surface area contributed by atoms with E-state index in [2.05, 4.69) is 204 Å². The van der Waals surface area contributed by atoms with Gasteiger partial charge < -0.3 is 19.1 Å². The molecular formula is C56H36N2O2. The van der Waals surface area contributed by atoms with Gasteiger partial charge in [0.2, 0.25) is 0 Å². The van der Waals surface area contributed by atoms with E-state index in [1.807, 2.05) is 18.2 Å². The zero-order valence-corrected chi connectivity index (χ0v) is 32.5. The van der Waals surface area contributed by atoms with Crippen LogP contribution in [0.4, 0.5) is 28.4 Å². The van der Waals surface area contributed by atoms with Crippen molar-refractivity contribution in [2.45, 2.75) is 0 Å². The van der Waals surface area contributed by atoms with Crippen molar-refractivity contribution in [1.82, 2.24) is 0 Å². The molecule has 0 saturated heterocycles. The van der Waals surface area contributed by atoms with Gasteiger partial charge in [-0.2, -0.15) is 0 Å². The first-order chi connectivity index (χ1) is 29.7. The summed E-state index contributed by atoms with van der Waals surface area (Å²) < 4.78 is 14.3. The number of benzene rings is 10. The second kappa shape index (κ2) is 13.8. The molecule has 0 bridgehead atoms. The summed E-state index contributed by atoms with van der Waals surface area (Å²) in [5, 5.41) is 12.2. The van der Waals surface area contributed by atoms with Gasteiger partial charge >= 0.3 is 0 Å². The molecule has 10 aromatic carbocycles. The molecule has 4 nitrogen and oxygen atoms in total. The molecule has 12 rings (SSSR count). The fraction of sp³-hybridized carbons (Fsp3) is 0. The summed E-state index contributed by atoms with van der Waals surface area (Å²) >= 11 is 0. The molecule has 2 aromatic heterocycles. The van der Waals surface area contributed by atoms with Crippen LogP contribution in [0.1, 0.15) is 0 Å². The number of para-hydroxylation sites is 3. The standard InChI is InChI=1S/C56H36N2O2/c1-6-16-36(17-7-1)51-52(37-18-8-2-9-19-37)55-54(48-33-38-26-28-43(30-40(38)34-50(48)59-55)57-42-20-10-3-11-21-42)56-53(51)47-32-39-27-29-46(31-41(39)35-49(47)60-56)58(44-22-12-4-13-23-44)45-24-14-5-15-25-45/h1-35,57H. The van der Waals surface area contributed by atoms with Crippen molar-refractivity contribution in [2.24, 2.45) is 0 Å². The third kappa shape index (κ3) is 5.61. The number of anilines is 5. The Morgan fingerprint density at radius 3 is 1.45 bits per heavy atom. The van der Waals surface area contributed by atoms with Crippen LogP contribution < -0.4 is 10.2 Å². The van der Waals surface area contributed by atoms with E-state index in [1.54, 1.807) is 0 Å². The summed E-state index contributed by atoms with van der Waals surface area (Å²) in [4.78, 5) is 2.30. The third-order valence-corrected chi connectivity index (χ3v) is 11.7. The van der Waals surface area contributed by atoms with E-state index >= 15 is 0 Å². The Hall–Kier alpha value is -8.08. The molecule has 0 unspecified atom stereocenters. The predicted molar refractivity (Wildman–Crippen MR) is 251 cm³/mol. The van der Waals surface area contributed by atoms with Gasteiger partial charge in [0.1, 0.15) is 22.3 Å². The SMILES string of the molecule is c1ccc(Nc2ccc3cc4c(cc3c2)oc2c(-c3ccccc3)c(-c3ccccc3)c3c5cc6ccc(N(c7ccccc7)c7ccccc7)cc6cc5oc3c24)cc1. The van der Waals surface area contributed by atoms with Crippen LogP contribution in [-0.2, 0) is 0 Å². The van der Waals surface area contributed by atoms with Gasteiger partial charge in [0.15, 0.2) is 0 Å². The van der Waals surface area contributed by atoms with Gasteiger partial charge in [0, 0.05) is 55.7 Å². The normalized spacial score (nSPS) is 11.7. The molecule has 0 spiro atoms. The molecule has 282 valence electrons. The Bertz CT molecular complexity index is 3500. The minimum atomic E-state index is 0.813. The fourth-order valence-corrected chi connectivity index (χ4v) is 9.01. The Morgan fingerprint density at radius 2 is 0.833 bits per heavy atom. The molecule has 60 heavy (non-hydrogen) atoms. The summed E-state index contributed by atoms with van der Waals surface area (Å²) in [6, 6.07) is 74.8. The summed E-state index contributed by atoms with van der Waals surface area (Å²) in [6.07, 6.45) is 0. The van der Waals surface area contributed by atoms with Crippen molar-refractivity contribution >= 4 is 93.9 Å². The van der Waals surface area contributed by atoms with Crippen molar-refractivity contribution in [3.05, 3.63) is 212 Å². The molecule has 0 amide bonds. The van der Waals surface area contributed by atoms with E-state index in [0.29, 0.717) is 0 Å². The smallest absolute Gasteiger partial charge is 0.147 e. The summed E-state index contributed by atoms with van der Waals surface area (Å²) in [5.41, 5.74) is 12.9. The number of hydrogen-bond acceptors (Lipinski definition) is 4. The van der Waals surface area contributed by atoms with Crippen molar-refractivity contribution in [2.75, 3.05) is 10.2 Å². The first-order valence-corrected chi connectivity index (χ1v) is 20.3. The number of nitrogens with zero attached hydrogens (tertiary/aromatic N) is 1. The van der Waals surface area contributed by atoms with Crippen molar-refractivity contribution in [3.63, 3.8) is 0 Å². The number of nitrogens with one attached hydrogen (secondary N) is 1. The molecule has 1 N–H and O–H groups in total. The van der Waals surface area contributed by atoms with Crippen molar-refractivity contribution in [1.29, 1.82) is 0 Å². The van der Waals surface area contributed by atoms with Gasteiger partial charge in [-0.05, 0) is 118 Å². The van der Waals surface area contributed by atoms with E-state index in [0.717, 1.165) is 116 Å². The highest BCUT2D eigenvalue weighted by Gasteiger charge is 2.27. The van der Waals surface area contributed by atoms with Crippen LogP contribution in [0.25, 0.3) is 87.7 Å². The first-order valence-electron chi connectivity index (χ1n) is 20.3. The average Bonchev–Trinajstić information content (AvgIpc) is 3.86. The predicted octanol–water partition coefficient (Wildman–Crippen LogP) is 16.3. The molecule has 0 aliphatic heterocycles. The maximum absolute atomic E-state index is 7.18. The molecular weight excluding hydrogens is 733 g/mol. The van der Waals surface area contributed by atoms with E-state index in [4.69, 9.17) is 8.83 Å². The molecule has 0 aliphatic carbocycles. The summed E-state index contributed by atoms with van der Waals surface area (Å²) in [6.45, 7) is 0.